The zero-order chi connectivity index (χ0) is 16.7. The molecule has 0 spiro atoms. The minimum Gasteiger partial charge on any atom is -0.849 e. The Hall–Kier alpha value is 1.02. The third-order valence-electron chi connectivity index (χ3n) is 4.32. The van der Waals surface area contributed by atoms with Gasteiger partial charge in [0.05, 0.1) is 13.2 Å². The summed E-state index contributed by atoms with van der Waals surface area (Å²) in [6.07, 6.45) is 2.87. The Kier molecular flexibility index (Phi) is 11.9. The Morgan fingerprint density at radius 2 is 1.88 bits per heavy atom. The van der Waals surface area contributed by atoms with Crippen molar-refractivity contribution < 1.29 is 86.4 Å². The standard InChI is InChI=1S/C19H30NO3.Rn/c1-15(2)20(3)12-18(21)14-23-19-8-6-16(7-9-19)10-11-22-13-17-4-5-17;/h6-9,15,17-18H,4-5,10-14H2,1-3H3;/q-1;. The van der Waals surface area contributed by atoms with Gasteiger partial charge in [0.15, 0.2) is 0 Å². The van der Waals surface area contributed by atoms with Gasteiger partial charge in [0.1, 0.15) is 5.75 Å². The van der Waals surface area contributed by atoms with Crippen molar-refractivity contribution in [3.05, 3.63) is 29.8 Å². The average Bonchev–Trinajstić information content (AvgIpc) is 3.35. The van der Waals surface area contributed by atoms with Gasteiger partial charge in [0.2, 0.25) is 0 Å². The predicted octanol–water partition coefficient (Wildman–Crippen LogP) is 2.10. The van der Waals surface area contributed by atoms with Gasteiger partial charge in [-0.25, -0.2) is 0 Å². The van der Waals surface area contributed by atoms with E-state index in [1.807, 2.05) is 24.1 Å². The van der Waals surface area contributed by atoms with Crippen molar-refractivity contribution in [1.29, 1.82) is 0 Å². The fraction of sp³-hybridized carbons (Fsp3) is 0.684. The summed E-state index contributed by atoms with van der Waals surface area (Å²) in [5, 5.41) is 11.9. The van der Waals surface area contributed by atoms with Gasteiger partial charge in [-0.15, -0.1) is 0 Å². The molecule has 1 aliphatic carbocycles. The van der Waals surface area contributed by atoms with Crippen molar-refractivity contribution in [1.82, 2.24) is 4.90 Å². The van der Waals surface area contributed by atoms with Crippen LogP contribution in [-0.2, 0) is 11.2 Å². The van der Waals surface area contributed by atoms with E-state index in [2.05, 4.69) is 26.0 Å². The largest absolute Gasteiger partial charge is 0.849 e. The summed E-state index contributed by atoms with van der Waals surface area (Å²) >= 11 is 0. The van der Waals surface area contributed by atoms with Crippen LogP contribution in [0.4, 0.5) is 0 Å². The number of benzene rings is 1. The van der Waals surface area contributed by atoms with E-state index >= 15 is 0 Å². The number of hydrogen-bond acceptors (Lipinski definition) is 4. The molecule has 2 rings (SSSR count). The Morgan fingerprint density at radius 1 is 1.21 bits per heavy atom. The van der Waals surface area contributed by atoms with E-state index in [4.69, 9.17) is 9.47 Å². The van der Waals surface area contributed by atoms with Crippen molar-refractivity contribution in [2.75, 3.05) is 33.4 Å². The summed E-state index contributed by atoms with van der Waals surface area (Å²) in [6, 6.07) is 8.36. The molecule has 0 heterocycles. The third-order valence-corrected chi connectivity index (χ3v) is 4.32. The first-order valence-electron chi connectivity index (χ1n) is 8.70. The van der Waals surface area contributed by atoms with Crippen LogP contribution >= 0.6 is 0 Å². The van der Waals surface area contributed by atoms with Gasteiger partial charge in [-0.05, 0) is 70.3 Å². The molecule has 0 aromatic heterocycles. The number of likely N-dealkylation sites (N-methyl/N-ethyl adjacent to an activating group) is 1. The first-order chi connectivity index (χ1) is 11.0. The van der Waals surface area contributed by atoms with Crippen LogP contribution in [0, 0.1) is 77.8 Å². The smallest absolute Gasteiger partial charge is 0.119 e. The van der Waals surface area contributed by atoms with E-state index in [1.54, 1.807) is 0 Å². The number of ether oxygens (including phenoxy) is 2. The van der Waals surface area contributed by atoms with Crippen LogP contribution in [0.25, 0.3) is 0 Å². The van der Waals surface area contributed by atoms with Gasteiger partial charge in [0, 0.05) is 84.5 Å². The van der Waals surface area contributed by atoms with Crippen LogP contribution in [0.2, 0.25) is 0 Å². The van der Waals surface area contributed by atoms with Crippen LogP contribution in [-0.4, -0.2) is 50.5 Å². The third kappa shape index (κ3) is 9.64. The Labute approximate surface area is 208 Å². The maximum atomic E-state index is 11.9. The quantitative estimate of drug-likeness (QED) is 0.402. The molecule has 1 aromatic carbocycles. The summed E-state index contributed by atoms with van der Waals surface area (Å²) in [6.45, 7) is 6.58. The van der Waals surface area contributed by atoms with E-state index in [-0.39, 0.29) is 78.5 Å². The minimum atomic E-state index is -0.724. The second-order valence-corrected chi connectivity index (χ2v) is 6.88. The Balaban J connectivity index is 0.00000288. The predicted molar refractivity (Wildman–Crippen MR) is 90.7 cm³/mol. The topological polar surface area (TPSA) is 44.8 Å². The molecule has 0 N–H and O–H groups in total. The number of nitrogens with zero attached hydrogens (tertiary/aromatic N) is 1. The van der Waals surface area contributed by atoms with Gasteiger partial charge >= 0.3 is 0 Å². The molecule has 1 aliphatic rings. The van der Waals surface area contributed by atoms with Crippen LogP contribution < -0.4 is 9.84 Å². The fourth-order valence-electron chi connectivity index (χ4n) is 2.25. The summed E-state index contributed by atoms with van der Waals surface area (Å²) in [5.74, 6) is 1.58. The van der Waals surface area contributed by atoms with Crippen molar-refractivity contribution in [2.45, 2.75) is 45.3 Å². The maximum Gasteiger partial charge on any atom is 0.119 e. The molecule has 1 atom stereocenters. The molecule has 5 heteroatoms. The molecule has 138 valence electrons. The summed E-state index contributed by atoms with van der Waals surface area (Å²) < 4.78 is 11.2. The van der Waals surface area contributed by atoms with Crippen LogP contribution in [0.15, 0.2) is 24.3 Å². The minimum absolute atomic E-state index is 0. The van der Waals surface area contributed by atoms with Crippen molar-refractivity contribution in [2.24, 2.45) is 5.92 Å². The average molecular weight is 542 g/mol. The van der Waals surface area contributed by atoms with Crippen molar-refractivity contribution in [3.8, 4) is 5.75 Å². The van der Waals surface area contributed by atoms with E-state index in [0.717, 1.165) is 31.3 Å². The molecule has 0 amide bonds. The van der Waals surface area contributed by atoms with Gasteiger partial charge in [-0.3, -0.25) is 0 Å². The molecule has 1 fully saturated rings. The van der Waals surface area contributed by atoms with Gasteiger partial charge < -0.3 is 19.5 Å². The molecular formula is C19H30NO3Rn-. The second kappa shape index (κ2) is 12.4. The monoisotopic (exact) mass is 542 g/mol. The van der Waals surface area contributed by atoms with Crippen LogP contribution in [0.5, 0.6) is 5.75 Å². The number of hydrogen-bond donors (Lipinski definition) is 0. The zero-order valence-corrected chi connectivity index (χ0v) is 17.8. The Morgan fingerprint density at radius 3 is 2.46 bits per heavy atom. The molecule has 24 heavy (non-hydrogen) atoms. The first-order valence-corrected chi connectivity index (χ1v) is 8.70. The first kappa shape index (κ1) is 23.1. The van der Waals surface area contributed by atoms with Crippen molar-refractivity contribution in [3.63, 3.8) is 0 Å². The number of rotatable bonds is 11. The van der Waals surface area contributed by atoms with Crippen molar-refractivity contribution >= 4 is 0 Å². The summed E-state index contributed by atoms with van der Waals surface area (Å²) in [5.41, 5.74) is 1.24. The van der Waals surface area contributed by atoms with Gasteiger partial charge in [-0.1, -0.05) is 18.2 Å². The van der Waals surface area contributed by atoms with Gasteiger partial charge in [-0.2, -0.15) is 0 Å². The van der Waals surface area contributed by atoms with E-state index in [0.29, 0.717) is 12.6 Å². The molecule has 1 saturated carbocycles. The van der Waals surface area contributed by atoms with Crippen LogP contribution in [0.1, 0.15) is 32.3 Å². The van der Waals surface area contributed by atoms with E-state index < -0.39 is 6.10 Å². The molecule has 0 bridgehead atoms. The maximum absolute atomic E-state index is 11.9. The molecule has 1 aromatic rings. The molecular weight excluding hydrogens is 512 g/mol. The zero-order valence-electron chi connectivity index (χ0n) is 15.0. The normalized spacial score (nSPS) is 15.4. The van der Waals surface area contributed by atoms with Gasteiger partial charge in [0.25, 0.3) is 0 Å². The molecule has 1 unspecified atom stereocenters. The fourth-order valence-corrected chi connectivity index (χ4v) is 2.25. The van der Waals surface area contributed by atoms with Crippen LogP contribution in [0.3, 0.4) is 0 Å². The van der Waals surface area contributed by atoms with E-state index in [9.17, 15) is 5.11 Å². The summed E-state index contributed by atoms with van der Waals surface area (Å²) in [4.78, 5) is 2.05. The molecule has 0 aliphatic heterocycles. The molecule has 0 saturated heterocycles. The molecule has 0 radical (unpaired) electrons. The van der Waals surface area contributed by atoms with E-state index in [1.165, 1.54) is 18.4 Å². The molecule has 4 nitrogen and oxygen atoms in total. The SMILES string of the molecule is CC(C)N(C)CC([O-])COc1ccc(CCOCC2CC2)cc1.[Rn]. The second-order valence-electron chi connectivity index (χ2n) is 6.88. The summed E-state index contributed by atoms with van der Waals surface area (Å²) in [7, 11) is 1.97. The Bertz CT molecular complexity index is 448.